The highest BCUT2D eigenvalue weighted by atomic mass is 16.5. The van der Waals surface area contributed by atoms with Gasteiger partial charge in [0, 0.05) is 29.9 Å². The Kier molecular flexibility index (Phi) is 5.30. The molecule has 6 heteroatoms. The molecule has 0 unspecified atom stereocenters. The van der Waals surface area contributed by atoms with Gasteiger partial charge in [-0.05, 0) is 30.7 Å². The van der Waals surface area contributed by atoms with E-state index in [0.717, 1.165) is 11.1 Å². The number of methoxy groups -OCH3 is 1. The summed E-state index contributed by atoms with van der Waals surface area (Å²) in [6.45, 7) is 2.02. The van der Waals surface area contributed by atoms with E-state index < -0.39 is 0 Å². The second-order valence-electron chi connectivity index (χ2n) is 6.82. The molecule has 0 aliphatic rings. The van der Waals surface area contributed by atoms with Gasteiger partial charge in [0.15, 0.2) is 11.0 Å². The molecule has 30 heavy (non-hydrogen) atoms. The van der Waals surface area contributed by atoms with Gasteiger partial charge in [0.05, 0.1) is 18.1 Å². The van der Waals surface area contributed by atoms with Crippen LogP contribution >= 0.6 is 0 Å². The van der Waals surface area contributed by atoms with Crippen molar-refractivity contribution in [3.05, 3.63) is 93.8 Å². The van der Waals surface area contributed by atoms with Gasteiger partial charge in [-0.25, -0.2) is 4.98 Å². The molecule has 0 aliphatic carbocycles. The van der Waals surface area contributed by atoms with Crippen molar-refractivity contribution in [2.75, 3.05) is 7.11 Å². The zero-order valence-electron chi connectivity index (χ0n) is 16.6. The van der Waals surface area contributed by atoms with Crippen molar-refractivity contribution in [1.29, 1.82) is 0 Å². The van der Waals surface area contributed by atoms with Crippen molar-refractivity contribution in [1.82, 2.24) is 10.3 Å². The van der Waals surface area contributed by atoms with Crippen LogP contribution in [0, 0.1) is 6.92 Å². The standard InChI is InChI=1S/C24H20N2O4/c1-15-21(27)18-9-6-10-19(23(18)30-22(15)17-7-4-3-5-8-17)24(28)26-14-16-11-12-25-20(13-16)29-2/h3-13H,14H2,1-2H3,(H,26,28). The molecule has 0 radical (unpaired) electrons. The monoisotopic (exact) mass is 400 g/mol. The number of carbonyl (C=O) groups is 1. The molecular weight excluding hydrogens is 380 g/mol. The highest BCUT2D eigenvalue weighted by Crippen LogP contribution is 2.27. The van der Waals surface area contributed by atoms with Crippen LogP contribution < -0.4 is 15.5 Å². The summed E-state index contributed by atoms with van der Waals surface area (Å²) in [5.41, 5.74) is 2.57. The van der Waals surface area contributed by atoms with E-state index in [1.165, 1.54) is 7.11 Å². The lowest BCUT2D eigenvalue weighted by molar-refractivity contribution is 0.0951. The van der Waals surface area contributed by atoms with E-state index in [9.17, 15) is 9.59 Å². The van der Waals surface area contributed by atoms with Gasteiger partial charge in [0.2, 0.25) is 5.88 Å². The molecule has 0 bridgehead atoms. The van der Waals surface area contributed by atoms with Gasteiger partial charge >= 0.3 is 0 Å². The lowest BCUT2D eigenvalue weighted by Gasteiger charge is -2.11. The van der Waals surface area contributed by atoms with E-state index in [4.69, 9.17) is 9.15 Å². The van der Waals surface area contributed by atoms with E-state index in [2.05, 4.69) is 10.3 Å². The molecule has 4 rings (SSSR count). The van der Waals surface area contributed by atoms with Gasteiger partial charge in [-0.3, -0.25) is 9.59 Å². The Balaban J connectivity index is 1.72. The first-order valence-corrected chi connectivity index (χ1v) is 9.47. The molecular formula is C24H20N2O4. The Morgan fingerprint density at radius 1 is 1.10 bits per heavy atom. The SMILES string of the molecule is COc1cc(CNC(=O)c2cccc3c(=O)c(C)c(-c4ccccc4)oc23)ccn1. The summed E-state index contributed by atoms with van der Waals surface area (Å²) in [4.78, 5) is 29.9. The van der Waals surface area contributed by atoms with Crippen LogP contribution in [-0.4, -0.2) is 18.0 Å². The summed E-state index contributed by atoms with van der Waals surface area (Å²) in [7, 11) is 1.54. The van der Waals surface area contributed by atoms with Crippen molar-refractivity contribution in [3.8, 4) is 17.2 Å². The van der Waals surface area contributed by atoms with Crippen LogP contribution in [0.4, 0.5) is 0 Å². The first kappa shape index (κ1) is 19.4. The van der Waals surface area contributed by atoms with Crippen LogP contribution in [-0.2, 0) is 6.54 Å². The van der Waals surface area contributed by atoms with Crippen LogP contribution in [0.25, 0.3) is 22.3 Å². The third kappa shape index (κ3) is 3.67. The third-order valence-electron chi connectivity index (χ3n) is 4.89. The van der Waals surface area contributed by atoms with Crippen LogP contribution in [0.15, 0.2) is 76.1 Å². The van der Waals surface area contributed by atoms with Crippen LogP contribution in [0.3, 0.4) is 0 Å². The molecule has 6 nitrogen and oxygen atoms in total. The number of carbonyl (C=O) groups excluding carboxylic acids is 1. The predicted molar refractivity (Wildman–Crippen MR) is 115 cm³/mol. The molecule has 0 saturated heterocycles. The quantitative estimate of drug-likeness (QED) is 0.545. The topological polar surface area (TPSA) is 81.4 Å². The Labute approximate surface area is 173 Å². The van der Waals surface area contributed by atoms with E-state index in [0.29, 0.717) is 28.2 Å². The fraction of sp³-hybridized carbons (Fsp3) is 0.125. The zero-order chi connectivity index (χ0) is 21.1. The fourth-order valence-electron chi connectivity index (χ4n) is 3.30. The first-order valence-electron chi connectivity index (χ1n) is 9.47. The lowest BCUT2D eigenvalue weighted by atomic mass is 10.0. The normalized spacial score (nSPS) is 10.7. The van der Waals surface area contributed by atoms with Gasteiger partial charge in [-0.2, -0.15) is 0 Å². The minimum atomic E-state index is -0.331. The van der Waals surface area contributed by atoms with Crippen molar-refractivity contribution in [3.63, 3.8) is 0 Å². The number of hydrogen-bond acceptors (Lipinski definition) is 5. The third-order valence-corrected chi connectivity index (χ3v) is 4.89. The number of ether oxygens (including phenoxy) is 1. The summed E-state index contributed by atoms with van der Waals surface area (Å²) in [6.07, 6.45) is 1.62. The van der Waals surface area contributed by atoms with Gasteiger partial charge in [0.25, 0.3) is 5.91 Å². The fourth-order valence-corrected chi connectivity index (χ4v) is 3.30. The largest absolute Gasteiger partial charge is 0.481 e. The lowest BCUT2D eigenvalue weighted by Crippen LogP contribution is -2.23. The van der Waals surface area contributed by atoms with E-state index >= 15 is 0 Å². The summed E-state index contributed by atoms with van der Waals surface area (Å²) in [5, 5.41) is 3.25. The van der Waals surface area contributed by atoms with Gasteiger partial charge < -0.3 is 14.5 Å². The molecule has 1 amide bonds. The highest BCUT2D eigenvalue weighted by Gasteiger charge is 2.18. The maximum Gasteiger partial charge on any atom is 0.255 e. The molecule has 4 aromatic rings. The van der Waals surface area contributed by atoms with Gasteiger partial charge in [0.1, 0.15) is 5.76 Å². The minimum Gasteiger partial charge on any atom is -0.481 e. The molecule has 0 fully saturated rings. The molecule has 0 spiro atoms. The summed E-state index contributed by atoms with van der Waals surface area (Å²) >= 11 is 0. The Hall–Kier alpha value is -3.93. The second kappa shape index (κ2) is 8.21. The van der Waals surface area contributed by atoms with Crippen molar-refractivity contribution < 1.29 is 13.9 Å². The molecule has 0 saturated carbocycles. The number of nitrogens with zero attached hydrogens (tertiary/aromatic N) is 1. The summed E-state index contributed by atoms with van der Waals surface area (Å²) in [5.74, 6) is 0.607. The second-order valence-corrected chi connectivity index (χ2v) is 6.82. The molecule has 2 heterocycles. The number of fused-ring (bicyclic) bond motifs is 1. The molecule has 150 valence electrons. The average molecular weight is 400 g/mol. The maximum atomic E-state index is 12.9. The van der Waals surface area contributed by atoms with E-state index in [1.54, 1.807) is 43.5 Å². The Morgan fingerprint density at radius 2 is 1.90 bits per heavy atom. The number of rotatable bonds is 5. The molecule has 2 aromatic heterocycles. The van der Waals surface area contributed by atoms with Crippen LogP contribution in [0.5, 0.6) is 5.88 Å². The van der Waals surface area contributed by atoms with Crippen molar-refractivity contribution in [2.24, 2.45) is 0 Å². The zero-order valence-corrected chi connectivity index (χ0v) is 16.6. The summed E-state index contributed by atoms with van der Waals surface area (Å²) in [6, 6.07) is 17.9. The number of hydrogen-bond donors (Lipinski definition) is 1. The van der Waals surface area contributed by atoms with Gasteiger partial charge in [-0.15, -0.1) is 0 Å². The molecule has 2 aromatic carbocycles. The molecule has 0 aliphatic heterocycles. The smallest absolute Gasteiger partial charge is 0.255 e. The first-order chi connectivity index (χ1) is 14.6. The number of pyridine rings is 1. The maximum absolute atomic E-state index is 12.9. The van der Waals surface area contributed by atoms with Crippen molar-refractivity contribution >= 4 is 16.9 Å². The molecule has 1 N–H and O–H groups in total. The van der Waals surface area contributed by atoms with Gasteiger partial charge in [-0.1, -0.05) is 36.4 Å². The molecule has 0 atom stereocenters. The Morgan fingerprint density at radius 3 is 2.67 bits per heavy atom. The minimum absolute atomic E-state index is 0.149. The Bertz CT molecular complexity index is 1280. The summed E-state index contributed by atoms with van der Waals surface area (Å²) < 4.78 is 11.2. The van der Waals surface area contributed by atoms with Crippen molar-refractivity contribution in [2.45, 2.75) is 13.5 Å². The van der Waals surface area contributed by atoms with Crippen LogP contribution in [0.2, 0.25) is 0 Å². The number of benzene rings is 2. The average Bonchev–Trinajstić information content (AvgIpc) is 2.80. The number of nitrogens with one attached hydrogen (secondary N) is 1. The highest BCUT2D eigenvalue weighted by molar-refractivity contribution is 6.05. The number of aromatic nitrogens is 1. The number of para-hydroxylation sites is 1. The number of amides is 1. The van der Waals surface area contributed by atoms with E-state index in [-0.39, 0.29) is 23.5 Å². The predicted octanol–water partition coefficient (Wildman–Crippen LogP) is 4.10. The van der Waals surface area contributed by atoms with Crippen LogP contribution in [0.1, 0.15) is 21.5 Å². The van der Waals surface area contributed by atoms with E-state index in [1.807, 2.05) is 30.3 Å².